The molecule has 1 aromatic carbocycles. The summed E-state index contributed by atoms with van der Waals surface area (Å²) in [6, 6.07) is 9.60. The van der Waals surface area contributed by atoms with E-state index in [1.54, 1.807) is 24.8 Å². The van der Waals surface area contributed by atoms with E-state index in [0.717, 1.165) is 22.0 Å². The third kappa shape index (κ3) is 2.07. The van der Waals surface area contributed by atoms with E-state index in [1.807, 2.05) is 30.3 Å². The Morgan fingerprint density at radius 2 is 1.86 bits per heavy atom. The first-order valence-corrected chi connectivity index (χ1v) is 6.65. The second-order valence-electron chi connectivity index (χ2n) is 4.59. The van der Waals surface area contributed by atoms with Crippen LogP contribution in [0.25, 0.3) is 33.4 Å². The molecular formula is C16H9N6. The van der Waals surface area contributed by atoms with E-state index in [1.165, 1.54) is 0 Å². The van der Waals surface area contributed by atoms with Gasteiger partial charge >= 0.3 is 0 Å². The van der Waals surface area contributed by atoms with E-state index in [2.05, 4.69) is 36.6 Å². The molecule has 3 heterocycles. The van der Waals surface area contributed by atoms with Crippen LogP contribution in [0.3, 0.4) is 0 Å². The number of rotatable bonds is 2. The molecule has 0 atom stereocenters. The maximum Gasteiger partial charge on any atom is 0.122 e. The van der Waals surface area contributed by atoms with Gasteiger partial charge in [-0.2, -0.15) is 10.2 Å². The average Bonchev–Trinajstić information content (AvgIpc) is 2.62. The molecule has 0 unspecified atom stereocenters. The number of fused-ring (bicyclic) bond motifs is 1. The molecule has 4 rings (SSSR count). The lowest BCUT2D eigenvalue weighted by Crippen LogP contribution is -1.96. The molecule has 4 aromatic rings. The summed E-state index contributed by atoms with van der Waals surface area (Å²) in [7, 11) is 0. The van der Waals surface area contributed by atoms with Gasteiger partial charge in [0, 0.05) is 34.9 Å². The Kier molecular flexibility index (Phi) is 2.97. The predicted molar refractivity (Wildman–Crippen MR) is 80.4 cm³/mol. The third-order valence-electron chi connectivity index (χ3n) is 3.28. The molecule has 0 spiro atoms. The van der Waals surface area contributed by atoms with Crippen LogP contribution in [-0.4, -0.2) is 30.4 Å². The summed E-state index contributed by atoms with van der Waals surface area (Å²) in [5, 5.41) is 18.0. The van der Waals surface area contributed by atoms with E-state index in [-0.39, 0.29) is 0 Å². The molecule has 0 N–H and O–H groups in total. The smallest absolute Gasteiger partial charge is 0.122 e. The van der Waals surface area contributed by atoms with E-state index in [4.69, 9.17) is 0 Å². The molecule has 103 valence electrons. The zero-order valence-electron chi connectivity index (χ0n) is 11.4. The molecule has 1 radical (unpaired) electrons. The lowest BCUT2D eigenvalue weighted by molar-refractivity contribution is 1.03. The Bertz CT molecular complexity index is 851. The summed E-state index contributed by atoms with van der Waals surface area (Å²) in [5.41, 5.74) is 2.99. The fourth-order valence-corrected chi connectivity index (χ4v) is 2.34. The van der Waals surface area contributed by atoms with Crippen molar-refractivity contribution in [3.05, 3.63) is 61.3 Å². The highest BCUT2D eigenvalue weighted by Crippen LogP contribution is 2.32. The second kappa shape index (κ2) is 5.25. The lowest BCUT2D eigenvalue weighted by atomic mass is 10.0. The van der Waals surface area contributed by atoms with E-state index >= 15 is 0 Å². The van der Waals surface area contributed by atoms with Crippen molar-refractivity contribution in [2.45, 2.75) is 0 Å². The van der Waals surface area contributed by atoms with Crippen molar-refractivity contribution in [2.75, 3.05) is 0 Å². The summed E-state index contributed by atoms with van der Waals surface area (Å²) >= 11 is 0. The quantitative estimate of drug-likeness (QED) is 0.562. The summed E-state index contributed by atoms with van der Waals surface area (Å²) in [6.45, 7) is 0. The fourth-order valence-electron chi connectivity index (χ4n) is 2.34. The van der Waals surface area contributed by atoms with Gasteiger partial charge in [0.1, 0.15) is 17.6 Å². The van der Waals surface area contributed by atoms with Crippen LogP contribution in [0.5, 0.6) is 0 Å². The lowest BCUT2D eigenvalue weighted by Gasteiger charge is -2.08. The zero-order chi connectivity index (χ0) is 14.8. The second-order valence-corrected chi connectivity index (χ2v) is 4.59. The van der Waals surface area contributed by atoms with E-state index in [0.29, 0.717) is 11.4 Å². The molecule has 0 saturated carbocycles. The van der Waals surface area contributed by atoms with Crippen molar-refractivity contribution < 1.29 is 0 Å². The fraction of sp³-hybridized carbons (Fsp3) is 0. The first kappa shape index (κ1) is 12.5. The summed E-state index contributed by atoms with van der Waals surface area (Å²) in [6.07, 6.45) is 9.47. The molecule has 0 aliphatic carbocycles. The van der Waals surface area contributed by atoms with Crippen LogP contribution in [-0.2, 0) is 0 Å². The van der Waals surface area contributed by atoms with Gasteiger partial charge in [0.15, 0.2) is 0 Å². The van der Waals surface area contributed by atoms with Gasteiger partial charge in [0.05, 0.1) is 11.9 Å². The molecule has 0 saturated heterocycles. The minimum atomic E-state index is 0.656. The largest absolute Gasteiger partial charge is 0.261 e. The summed E-state index contributed by atoms with van der Waals surface area (Å²) in [4.78, 5) is 8.42. The van der Waals surface area contributed by atoms with Crippen LogP contribution in [0.15, 0.2) is 55.1 Å². The topological polar surface area (TPSA) is 77.3 Å². The first-order chi connectivity index (χ1) is 10.9. The molecule has 6 heteroatoms. The van der Waals surface area contributed by atoms with Crippen LogP contribution in [0, 0.1) is 6.20 Å². The molecule has 3 aromatic heterocycles. The summed E-state index contributed by atoms with van der Waals surface area (Å²) < 4.78 is 0. The average molecular weight is 285 g/mol. The molecule has 0 bridgehead atoms. The van der Waals surface area contributed by atoms with E-state index in [9.17, 15) is 0 Å². The monoisotopic (exact) mass is 285 g/mol. The third-order valence-corrected chi connectivity index (χ3v) is 3.28. The number of benzene rings is 1. The molecule has 0 fully saturated rings. The van der Waals surface area contributed by atoms with Crippen molar-refractivity contribution in [3.8, 4) is 22.6 Å². The van der Waals surface area contributed by atoms with Crippen molar-refractivity contribution in [1.82, 2.24) is 30.4 Å². The Balaban J connectivity index is 2.07. The zero-order valence-corrected chi connectivity index (χ0v) is 11.4. The highest BCUT2D eigenvalue weighted by molar-refractivity contribution is 6.03. The number of hydrogen-bond acceptors (Lipinski definition) is 6. The molecule has 0 aliphatic rings. The van der Waals surface area contributed by atoms with Crippen LogP contribution in [0.4, 0.5) is 0 Å². The summed E-state index contributed by atoms with van der Waals surface area (Å²) in [5.74, 6) is 0. The minimum absolute atomic E-state index is 0.656. The van der Waals surface area contributed by atoms with Crippen molar-refractivity contribution in [3.63, 3.8) is 0 Å². The van der Waals surface area contributed by atoms with Crippen LogP contribution >= 0.6 is 0 Å². The standard InChI is InChI=1S/C16H9N6/c1-3-11-9-20-22-16(14-10-17-7-8-18-14)15(11)12(4-1)13-5-2-6-19-21-13/h1-8,10H. The molecule has 0 amide bonds. The molecule has 6 nitrogen and oxygen atoms in total. The van der Waals surface area contributed by atoms with Crippen LogP contribution in [0.2, 0.25) is 0 Å². The highest BCUT2D eigenvalue weighted by Gasteiger charge is 2.14. The maximum absolute atomic E-state index is 4.32. The van der Waals surface area contributed by atoms with Gasteiger partial charge in [-0.05, 0) is 12.1 Å². The Morgan fingerprint density at radius 1 is 0.864 bits per heavy atom. The number of hydrogen-bond donors (Lipinski definition) is 0. The van der Waals surface area contributed by atoms with Gasteiger partial charge in [-0.15, -0.1) is 10.2 Å². The van der Waals surface area contributed by atoms with Crippen LogP contribution < -0.4 is 0 Å². The molecule has 22 heavy (non-hydrogen) atoms. The predicted octanol–water partition coefficient (Wildman–Crippen LogP) is 2.34. The number of nitrogens with zero attached hydrogens (tertiary/aromatic N) is 6. The Morgan fingerprint density at radius 3 is 2.68 bits per heavy atom. The van der Waals surface area contributed by atoms with Crippen molar-refractivity contribution >= 4 is 10.8 Å². The van der Waals surface area contributed by atoms with Gasteiger partial charge in [-0.1, -0.05) is 18.2 Å². The van der Waals surface area contributed by atoms with Gasteiger partial charge in [-0.25, -0.2) is 0 Å². The van der Waals surface area contributed by atoms with Crippen LogP contribution in [0.1, 0.15) is 0 Å². The Hall–Kier alpha value is -3.28. The molecular weight excluding hydrogens is 276 g/mol. The van der Waals surface area contributed by atoms with Crippen molar-refractivity contribution in [1.29, 1.82) is 0 Å². The number of aromatic nitrogens is 6. The van der Waals surface area contributed by atoms with Gasteiger partial charge in [-0.3, -0.25) is 9.97 Å². The van der Waals surface area contributed by atoms with Gasteiger partial charge in [0.25, 0.3) is 0 Å². The maximum atomic E-state index is 4.32. The normalized spacial score (nSPS) is 10.7. The SMILES string of the molecule is [c]1nnc(-c2cnccn2)c2c(-c3cccnn3)cccc12. The van der Waals surface area contributed by atoms with Gasteiger partial charge in [0.2, 0.25) is 0 Å². The molecule has 0 aliphatic heterocycles. The van der Waals surface area contributed by atoms with E-state index < -0.39 is 0 Å². The first-order valence-electron chi connectivity index (χ1n) is 6.65. The minimum Gasteiger partial charge on any atom is -0.261 e. The van der Waals surface area contributed by atoms with Crippen molar-refractivity contribution in [2.24, 2.45) is 0 Å². The van der Waals surface area contributed by atoms with Gasteiger partial charge < -0.3 is 0 Å². The highest BCUT2D eigenvalue weighted by atomic mass is 15.1. The Labute approximate surface area is 125 Å².